The van der Waals surface area contributed by atoms with E-state index in [1.54, 1.807) is 11.3 Å². The molecule has 0 aliphatic heterocycles. The van der Waals surface area contributed by atoms with Crippen LogP contribution in [0, 0.1) is 5.92 Å². The number of hydrogen-bond acceptors (Lipinski definition) is 3. The Morgan fingerprint density at radius 2 is 2.04 bits per heavy atom. The average molecular weight is 327 g/mol. The first-order chi connectivity index (χ1) is 11.2. The van der Waals surface area contributed by atoms with Gasteiger partial charge < -0.3 is 10.4 Å². The first-order valence-electron chi connectivity index (χ1n) is 7.98. The van der Waals surface area contributed by atoms with Gasteiger partial charge in [0.05, 0.1) is 6.54 Å². The van der Waals surface area contributed by atoms with Crippen LogP contribution in [0.15, 0.2) is 54.6 Å². The third-order valence-corrected chi connectivity index (χ3v) is 5.28. The zero-order valence-corrected chi connectivity index (χ0v) is 13.8. The lowest BCUT2D eigenvalue weighted by atomic mass is 9.94. The van der Waals surface area contributed by atoms with E-state index < -0.39 is 6.10 Å². The number of aliphatic hydroxyl groups excluding tert-OH is 1. The largest absolute Gasteiger partial charge is 0.383 e. The molecule has 1 amide bonds. The predicted molar refractivity (Wildman–Crippen MR) is 93.2 cm³/mol. The summed E-state index contributed by atoms with van der Waals surface area (Å²) in [6, 6.07) is 13.5. The average Bonchev–Trinajstić information content (AvgIpc) is 3.09. The number of allylic oxidation sites excluding steroid dienone is 2. The van der Waals surface area contributed by atoms with Gasteiger partial charge in [-0.15, -0.1) is 11.3 Å². The molecule has 0 saturated carbocycles. The molecule has 1 aliphatic carbocycles. The lowest BCUT2D eigenvalue weighted by molar-refractivity contribution is -0.125. The Morgan fingerprint density at radius 3 is 2.78 bits per heavy atom. The van der Waals surface area contributed by atoms with E-state index in [0.29, 0.717) is 6.54 Å². The summed E-state index contributed by atoms with van der Waals surface area (Å²) in [5, 5.41) is 13.4. The number of carbonyl (C=O) groups excluding carboxylic acids is 1. The molecule has 1 heterocycles. The number of nitrogens with one attached hydrogen (secondary N) is 1. The monoisotopic (exact) mass is 327 g/mol. The summed E-state index contributed by atoms with van der Waals surface area (Å²) in [4.78, 5) is 14.1. The van der Waals surface area contributed by atoms with Crippen LogP contribution in [0.4, 0.5) is 0 Å². The first-order valence-corrected chi connectivity index (χ1v) is 8.80. The minimum absolute atomic E-state index is 0.106. The molecule has 0 fully saturated rings. The van der Waals surface area contributed by atoms with Crippen molar-refractivity contribution in [3.8, 4) is 0 Å². The summed E-state index contributed by atoms with van der Waals surface area (Å²) in [6.45, 7) is 0.533. The van der Waals surface area contributed by atoms with Crippen molar-refractivity contribution in [2.45, 2.75) is 31.9 Å². The number of thiophene rings is 1. The molecule has 3 nitrogen and oxygen atoms in total. The highest BCUT2D eigenvalue weighted by Gasteiger charge is 2.18. The molecular formula is C19H21NO2S. The van der Waals surface area contributed by atoms with Crippen molar-refractivity contribution in [2.75, 3.05) is 0 Å². The molecular weight excluding hydrogens is 306 g/mol. The van der Waals surface area contributed by atoms with Crippen molar-refractivity contribution >= 4 is 17.2 Å². The van der Waals surface area contributed by atoms with Gasteiger partial charge in [0.1, 0.15) is 6.10 Å². The van der Waals surface area contributed by atoms with Crippen molar-refractivity contribution in [3.63, 3.8) is 0 Å². The van der Waals surface area contributed by atoms with E-state index >= 15 is 0 Å². The third-order valence-electron chi connectivity index (χ3n) is 4.14. The van der Waals surface area contributed by atoms with Gasteiger partial charge in [0.2, 0.25) is 5.91 Å². The molecule has 1 aliphatic rings. The standard InChI is InChI=1S/C19H21NO2S/c21-18(14-7-3-1-4-8-14)17-12-11-16(23-17)13-20-19(22)15-9-5-2-6-10-15/h1-5,7-8,11-12,15,18,21H,6,9-10,13H2,(H,20,22)/t15-,18-/m0/s1. The molecule has 3 rings (SSSR count). The second-order valence-electron chi connectivity index (χ2n) is 5.82. The highest BCUT2D eigenvalue weighted by atomic mass is 32.1. The zero-order chi connectivity index (χ0) is 16.1. The normalized spacial score (nSPS) is 18.6. The summed E-state index contributed by atoms with van der Waals surface area (Å²) in [5.41, 5.74) is 0.888. The molecule has 120 valence electrons. The molecule has 2 N–H and O–H groups in total. The molecule has 0 spiro atoms. The lowest BCUT2D eigenvalue weighted by Gasteiger charge is -2.16. The lowest BCUT2D eigenvalue weighted by Crippen LogP contribution is -2.30. The Bertz CT molecular complexity index is 678. The minimum atomic E-state index is -0.603. The zero-order valence-electron chi connectivity index (χ0n) is 12.9. The molecule has 4 heteroatoms. The van der Waals surface area contributed by atoms with Crippen LogP contribution < -0.4 is 5.32 Å². The molecule has 0 saturated heterocycles. The summed E-state index contributed by atoms with van der Waals surface area (Å²) in [6.07, 6.45) is 6.39. The molecule has 0 radical (unpaired) electrons. The number of amides is 1. The van der Waals surface area contributed by atoms with Gasteiger partial charge in [0, 0.05) is 15.7 Å². The third kappa shape index (κ3) is 4.09. The van der Waals surface area contributed by atoms with E-state index in [4.69, 9.17) is 0 Å². The summed E-state index contributed by atoms with van der Waals surface area (Å²) < 4.78 is 0. The Hall–Kier alpha value is -1.91. The smallest absolute Gasteiger partial charge is 0.223 e. The second-order valence-corrected chi connectivity index (χ2v) is 7.02. The maximum absolute atomic E-state index is 12.1. The van der Waals surface area contributed by atoms with Crippen molar-refractivity contribution in [2.24, 2.45) is 5.92 Å². The fourth-order valence-corrected chi connectivity index (χ4v) is 3.75. The molecule has 2 atom stereocenters. The van der Waals surface area contributed by atoms with Crippen molar-refractivity contribution < 1.29 is 9.90 Å². The van der Waals surface area contributed by atoms with E-state index in [-0.39, 0.29) is 11.8 Å². The van der Waals surface area contributed by atoms with E-state index in [1.807, 2.05) is 42.5 Å². The topological polar surface area (TPSA) is 49.3 Å². The molecule has 23 heavy (non-hydrogen) atoms. The molecule has 1 aromatic carbocycles. The minimum Gasteiger partial charge on any atom is -0.383 e. The Labute approximate surface area is 140 Å². The Balaban J connectivity index is 1.57. The van der Waals surface area contributed by atoms with Gasteiger partial charge in [-0.3, -0.25) is 4.79 Å². The first kappa shape index (κ1) is 16.0. The van der Waals surface area contributed by atoms with Gasteiger partial charge in [-0.05, 0) is 37.0 Å². The van der Waals surface area contributed by atoms with Gasteiger partial charge in [-0.1, -0.05) is 42.5 Å². The maximum Gasteiger partial charge on any atom is 0.223 e. The van der Waals surface area contributed by atoms with Gasteiger partial charge in [0.15, 0.2) is 0 Å². The summed E-state index contributed by atoms with van der Waals surface area (Å²) >= 11 is 1.55. The van der Waals surface area contributed by atoms with Crippen molar-refractivity contribution in [3.05, 3.63) is 69.9 Å². The maximum atomic E-state index is 12.1. The Kier molecular flexibility index (Phi) is 5.26. The van der Waals surface area contributed by atoms with Gasteiger partial charge in [0.25, 0.3) is 0 Å². The predicted octanol–water partition coefficient (Wildman–Crippen LogP) is 3.80. The Morgan fingerprint density at radius 1 is 1.22 bits per heavy atom. The van der Waals surface area contributed by atoms with Crippen LogP contribution >= 0.6 is 11.3 Å². The molecule has 0 unspecified atom stereocenters. The van der Waals surface area contributed by atoms with Crippen LogP contribution in [0.25, 0.3) is 0 Å². The van der Waals surface area contributed by atoms with Crippen LogP contribution in [0.5, 0.6) is 0 Å². The molecule has 2 aromatic rings. The van der Waals surface area contributed by atoms with Crippen LogP contribution in [-0.4, -0.2) is 11.0 Å². The van der Waals surface area contributed by atoms with Crippen LogP contribution in [0.2, 0.25) is 0 Å². The van der Waals surface area contributed by atoms with Gasteiger partial charge >= 0.3 is 0 Å². The second kappa shape index (κ2) is 7.57. The SMILES string of the molecule is O=C(NCc1ccc([C@@H](O)c2ccccc2)s1)[C@H]1CC=CCC1. The molecule has 0 bridgehead atoms. The van der Waals surface area contributed by atoms with E-state index in [9.17, 15) is 9.90 Å². The molecule has 1 aromatic heterocycles. The summed E-state index contributed by atoms with van der Waals surface area (Å²) in [5.74, 6) is 0.238. The van der Waals surface area contributed by atoms with Gasteiger partial charge in [-0.25, -0.2) is 0 Å². The van der Waals surface area contributed by atoms with E-state index in [2.05, 4.69) is 17.5 Å². The number of aliphatic hydroxyl groups is 1. The highest BCUT2D eigenvalue weighted by Crippen LogP contribution is 2.28. The highest BCUT2D eigenvalue weighted by molar-refractivity contribution is 7.12. The number of benzene rings is 1. The van der Waals surface area contributed by atoms with Gasteiger partial charge in [-0.2, -0.15) is 0 Å². The summed E-state index contributed by atoms with van der Waals surface area (Å²) in [7, 11) is 0. The van der Waals surface area contributed by atoms with Crippen molar-refractivity contribution in [1.29, 1.82) is 0 Å². The van der Waals surface area contributed by atoms with Crippen molar-refractivity contribution in [1.82, 2.24) is 5.32 Å². The van der Waals surface area contributed by atoms with Crippen LogP contribution in [0.1, 0.15) is 40.7 Å². The van der Waals surface area contributed by atoms with E-state index in [1.165, 1.54) is 0 Å². The number of rotatable bonds is 5. The number of hydrogen-bond donors (Lipinski definition) is 2. The number of carbonyl (C=O) groups is 1. The fourth-order valence-electron chi connectivity index (χ4n) is 2.79. The van der Waals surface area contributed by atoms with Crippen LogP contribution in [0.3, 0.4) is 0 Å². The fraction of sp³-hybridized carbons (Fsp3) is 0.316. The van der Waals surface area contributed by atoms with E-state index in [0.717, 1.165) is 34.6 Å². The quantitative estimate of drug-likeness (QED) is 0.821. The van der Waals surface area contributed by atoms with Crippen LogP contribution in [-0.2, 0) is 11.3 Å².